The zero-order valence-electron chi connectivity index (χ0n) is 31.6. The molecule has 6 rings (SSSR count). The number of hydrogen-bond acceptors (Lipinski definition) is 9. The lowest BCUT2D eigenvalue weighted by Gasteiger charge is -2.12. The monoisotopic (exact) mass is 852 g/mol. The van der Waals surface area contributed by atoms with Crippen molar-refractivity contribution in [3.05, 3.63) is 108 Å². The van der Waals surface area contributed by atoms with Crippen molar-refractivity contribution >= 4 is 63.3 Å². The standard InChI is InChI=1S/C19H22FN3O3S.C18H19ClFN3O.CH3ClO2S/c1-13(2)12-23-18-6-5-17(9-14(18)10-21-23)26-19-7-4-16(20)8-15(19)11-22-27(3,24)25;1-12(2)11-23-17-5-4-16(8-13(17)10-22-23)24-18-6-3-15(20)7-14(18)9-21-19;1-5(2,3)4/h4-10,13,22H,11-12H2,1-3H3;3-8,10,12,21H,9,11H2,1-2H3;1H3. The maximum absolute atomic E-state index is 13.6. The zero-order chi connectivity index (χ0) is 41.2. The number of nitrogens with zero attached hydrogens (tertiary/aromatic N) is 4. The third kappa shape index (κ3) is 14.3. The molecule has 6 aromatic rings. The Morgan fingerprint density at radius 1 is 0.679 bits per heavy atom. The molecule has 0 saturated carbocycles. The van der Waals surface area contributed by atoms with Crippen LogP contribution in [-0.2, 0) is 45.3 Å². The largest absolute Gasteiger partial charge is 0.457 e. The summed E-state index contributed by atoms with van der Waals surface area (Å²) in [7, 11) is -2.09. The average molecular weight is 854 g/mol. The fraction of sp³-hybridized carbons (Fsp3) is 0.316. The van der Waals surface area contributed by atoms with Gasteiger partial charge in [0.15, 0.2) is 0 Å². The zero-order valence-corrected chi connectivity index (χ0v) is 34.8. The van der Waals surface area contributed by atoms with Gasteiger partial charge in [0.05, 0.1) is 35.9 Å². The van der Waals surface area contributed by atoms with Gasteiger partial charge in [-0.25, -0.2) is 35.2 Å². The fourth-order valence-electron chi connectivity index (χ4n) is 5.35. The van der Waals surface area contributed by atoms with Crippen molar-refractivity contribution in [1.29, 1.82) is 0 Å². The summed E-state index contributed by atoms with van der Waals surface area (Å²) >= 11 is 5.55. The van der Waals surface area contributed by atoms with Gasteiger partial charge < -0.3 is 9.47 Å². The van der Waals surface area contributed by atoms with E-state index in [0.717, 1.165) is 47.4 Å². The molecular weight excluding hydrogens is 809 g/mol. The summed E-state index contributed by atoms with van der Waals surface area (Å²) < 4.78 is 86.5. The fourth-order valence-corrected chi connectivity index (χ4v) is 5.91. The Hall–Kier alpha value is -4.32. The molecule has 0 unspecified atom stereocenters. The number of fused-ring (bicyclic) bond motifs is 2. The molecule has 0 fully saturated rings. The van der Waals surface area contributed by atoms with Crippen LogP contribution in [0.3, 0.4) is 0 Å². The molecular formula is C38H44Cl2F2N6O6S2. The van der Waals surface area contributed by atoms with Crippen molar-refractivity contribution in [2.24, 2.45) is 11.8 Å². The highest BCUT2D eigenvalue weighted by molar-refractivity contribution is 8.13. The summed E-state index contributed by atoms with van der Waals surface area (Å²) in [5.41, 5.74) is 3.14. The lowest BCUT2D eigenvalue weighted by Crippen LogP contribution is -2.21. The van der Waals surface area contributed by atoms with E-state index in [2.05, 4.69) is 58.1 Å². The van der Waals surface area contributed by atoms with Gasteiger partial charge >= 0.3 is 0 Å². The van der Waals surface area contributed by atoms with Gasteiger partial charge in [-0.1, -0.05) is 27.7 Å². The highest BCUT2D eigenvalue weighted by Gasteiger charge is 2.13. The van der Waals surface area contributed by atoms with Crippen molar-refractivity contribution in [1.82, 2.24) is 29.1 Å². The Balaban J connectivity index is 0.000000223. The number of sulfonamides is 1. The molecule has 0 bridgehead atoms. The van der Waals surface area contributed by atoms with Crippen LogP contribution >= 0.6 is 22.5 Å². The summed E-state index contributed by atoms with van der Waals surface area (Å²) in [6, 6.07) is 19.8. The van der Waals surface area contributed by atoms with Crippen molar-refractivity contribution in [2.75, 3.05) is 12.5 Å². The number of nitrogens with one attached hydrogen (secondary N) is 2. The van der Waals surface area contributed by atoms with E-state index in [1.54, 1.807) is 12.3 Å². The molecule has 0 radical (unpaired) electrons. The molecule has 12 nitrogen and oxygen atoms in total. The van der Waals surface area contributed by atoms with Gasteiger partial charge in [0, 0.05) is 58.8 Å². The number of halogens is 4. The average Bonchev–Trinajstić information content (AvgIpc) is 3.67. The molecule has 2 heterocycles. The van der Waals surface area contributed by atoms with Crippen LogP contribution in [0.15, 0.2) is 85.2 Å². The summed E-state index contributed by atoms with van der Waals surface area (Å²) in [6.45, 7) is 10.5. The number of aromatic nitrogens is 4. The second-order valence-corrected chi connectivity index (χ2v) is 18.8. The van der Waals surface area contributed by atoms with E-state index >= 15 is 0 Å². The molecule has 0 aliphatic rings. The SMILES string of the molecule is CC(C)Cn1ncc2cc(Oc3ccc(F)cc3CNCl)ccc21.CC(C)Cn1ncc2cc(Oc3ccc(F)cc3CNS(C)(=O)=O)ccc21.CS(=O)(=O)Cl. The van der Waals surface area contributed by atoms with Crippen molar-refractivity contribution in [3.8, 4) is 23.0 Å². The van der Waals surface area contributed by atoms with Crippen molar-refractivity contribution < 1.29 is 35.1 Å². The maximum atomic E-state index is 13.6. The lowest BCUT2D eigenvalue weighted by atomic mass is 10.2. The lowest BCUT2D eigenvalue weighted by molar-refractivity contribution is 0.473. The second kappa shape index (κ2) is 19.7. The van der Waals surface area contributed by atoms with Gasteiger partial charge in [-0.05, 0) is 96.4 Å². The first-order chi connectivity index (χ1) is 26.3. The highest BCUT2D eigenvalue weighted by Crippen LogP contribution is 2.31. The first kappa shape index (κ1) is 44.4. The normalized spacial score (nSPS) is 11.7. The first-order valence-corrected chi connectivity index (χ1v) is 22.3. The molecule has 2 N–H and O–H groups in total. The molecule has 0 amide bonds. The summed E-state index contributed by atoms with van der Waals surface area (Å²) in [4.78, 5) is 2.50. The van der Waals surface area contributed by atoms with Gasteiger partial charge in [0.2, 0.25) is 19.1 Å². The van der Waals surface area contributed by atoms with Crippen LogP contribution in [-0.4, -0.2) is 48.9 Å². The predicted molar refractivity (Wildman–Crippen MR) is 217 cm³/mol. The topological polar surface area (TPSA) is 146 Å². The summed E-state index contributed by atoms with van der Waals surface area (Å²) in [6.07, 6.45) is 5.59. The quantitative estimate of drug-likeness (QED) is 0.0861. The molecule has 0 saturated heterocycles. The molecule has 0 atom stereocenters. The Labute approximate surface area is 335 Å². The molecule has 4 aromatic carbocycles. The van der Waals surface area contributed by atoms with E-state index in [1.165, 1.54) is 30.3 Å². The molecule has 302 valence electrons. The van der Waals surface area contributed by atoms with E-state index in [9.17, 15) is 25.6 Å². The molecule has 2 aromatic heterocycles. The highest BCUT2D eigenvalue weighted by atomic mass is 35.7. The van der Waals surface area contributed by atoms with Crippen LogP contribution in [0.4, 0.5) is 8.78 Å². The number of benzene rings is 4. The summed E-state index contributed by atoms with van der Waals surface area (Å²) in [5.74, 6) is 2.42. The van der Waals surface area contributed by atoms with Crippen LogP contribution in [0.2, 0.25) is 0 Å². The van der Waals surface area contributed by atoms with Crippen LogP contribution in [0.5, 0.6) is 23.0 Å². The third-order valence-electron chi connectivity index (χ3n) is 7.59. The molecule has 18 heteroatoms. The van der Waals surface area contributed by atoms with E-state index in [0.29, 0.717) is 52.5 Å². The molecule has 0 spiro atoms. The Bertz CT molecular complexity index is 2470. The minimum Gasteiger partial charge on any atom is -0.457 e. The molecule has 0 aliphatic heterocycles. The van der Waals surface area contributed by atoms with Crippen LogP contribution in [0.25, 0.3) is 21.8 Å². The van der Waals surface area contributed by atoms with E-state index in [4.69, 9.17) is 21.3 Å². The minimum absolute atomic E-state index is 0.0551. The number of rotatable bonds is 13. The van der Waals surface area contributed by atoms with Gasteiger partial charge in [0.25, 0.3) is 0 Å². The van der Waals surface area contributed by atoms with E-state index in [-0.39, 0.29) is 12.4 Å². The number of ether oxygens (including phenoxy) is 2. The van der Waals surface area contributed by atoms with Gasteiger partial charge in [-0.15, -0.1) is 0 Å². The van der Waals surface area contributed by atoms with Gasteiger partial charge in [-0.3, -0.25) is 9.36 Å². The van der Waals surface area contributed by atoms with Crippen LogP contribution in [0.1, 0.15) is 38.8 Å². The maximum Gasteiger partial charge on any atom is 0.229 e. The number of hydrogen-bond donors (Lipinski definition) is 2. The Morgan fingerprint density at radius 3 is 1.46 bits per heavy atom. The summed E-state index contributed by atoms with van der Waals surface area (Å²) in [5, 5.41) is 10.8. The Morgan fingerprint density at radius 2 is 1.09 bits per heavy atom. The minimum atomic E-state index is -3.40. The van der Waals surface area contributed by atoms with Crippen molar-refractivity contribution in [2.45, 2.75) is 53.9 Å². The van der Waals surface area contributed by atoms with Gasteiger partial charge in [-0.2, -0.15) is 10.2 Å². The Kier molecular flexibility index (Phi) is 15.6. The van der Waals surface area contributed by atoms with Crippen molar-refractivity contribution in [3.63, 3.8) is 0 Å². The smallest absolute Gasteiger partial charge is 0.229 e. The first-order valence-electron chi connectivity index (χ1n) is 17.3. The van der Waals surface area contributed by atoms with E-state index in [1.807, 2.05) is 52.0 Å². The second-order valence-electron chi connectivity index (χ2n) is 13.7. The van der Waals surface area contributed by atoms with Crippen LogP contribution < -0.4 is 19.0 Å². The van der Waals surface area contributed by atoms with Gasteiger partial charge in [0.1, 0.15) is 34.6 Å². The third-order valence-corrected chi connectivity index (χ3v) is 8.39. The molecule has 56 heavy (non-hydrogen) atoms. The molecule has 0 aliphatic carbocycles. The van der Waals surface area contributed by atoms with E-state index < -0.39 is 24.9 Å². The van der Waals surface area contributed by atoms with Crippen LogP contribution in [0, 0.1) is 23.5 Å². The predicted octanol–water partition coefficient (Wildman–Crippen LogP) is 8.72.